The van der Waals surface area contributed by atoms with Crippen molar-refractivity contribution in [1.29, 1.82) is 0 Å². The predicted molar refractivity (Wildman–Crippen MR) is 58.1 cm³/mol. The van der Waals surface area contributed by atoms with Crippen molar-refractivity contribution < 1.29 is 13.2 Å². The van der Waals surface area contributed by atoms with Crippen LogP contribution in [0.15, 0.2) is 0 Å². The van der Waals surface area contributed by atoms with Crippen molar-refractivity contribution in [2.24, 2.45) is 0 Å². The van der Waals surface area contributed by atoms with Crippen LogP contribution in [0, 0.1) is 0 Å². The number of aromatic nitrogens is 2. The van der Waals surface area contributed by atoms with Gasteiger partial charge < -0.3 is 9.50 Å². The van der Waals surface area contributed by atoms with E-state index in [-0.39, 0.29) is 11.4 Å². The van der Waals surface area contributed by atoms with Gasteiger partial charge in [-0.3, -0.25) is 5.10 Å². The van der Waals surface area contributed by atoms with Crippen LogP contribution in [0.5, 0.6) is 0 Å². The summed E-state index contributed by atoms with van der Waals surface area (Å²) in [5.74, 6) is -0.335. The molecule has 1 aromatic rings. The summed E-state index contributed by atoms with van der Waals surface area (Å²) in [5, 5.41) is 9.87. The van der Waals surface area contributed by atoms with Gasteiger partial charge in [0, 0.05) is 30.8 Å². The molecule has 1 aromatic heterocycles. The third-order valence-corrected chi connectivity index (χ3v) is 3.21. The molecule has 6 nitrogen and oxygen atoms in total. The highest BCUT2D eigenvalue weighted by Crippen LogP contribution is 2.16. The van der Waals surface area contributed by atoms with Crippen LogP contribution in [-0.4, -0.2) is 32.7 Å². The number of H-pyrrole nitrogens is 1. The lowest BCUT2D eigenvalue weighted by molar-refractivity contribution is 0.0750. The summed E-state index contributed by atoms with van der Waals surface area (Å²) in [6.07, 6.45) is 0.812. The average Bonchev–Trinajstić information content (AvgIpc) is 2.72. The van der Waals surface area contributed by atoms with Crippen molar-refractivity contribution >= 4 is 17.0 Å². The maximum atomic E-state index is 11.6. The largest absolute Gasteiger partial charge is 0.373 e. The number of nitrogens with zero attached hydrogens (tertiary/aromatic N) is 1. The molecule has 2 heterocycles. The molecule has 1 atom stereocenters. The zero-order chi connectivity index (χ0) is 11.5. The molecule has 16 heavy (non-hydrogen) atoms. The monoisotopic (exact) mass is 243 g/mol. The maximum Gasteiger partial charge on any atom is 0.373 e. The van der Waals surface area contributed by atoms with Crippen molar-refractivity contribution in [2.75, 3.05) is 12.3 Å². The molecule has 1 aliphatic rings. The van der Waals surface area contributed by atoms with Gasteiger partial charge in [-0.2, -0.15) is 5.10 Å². The minimum absolute atomic E-state index is 0.240. The van der Waals surface area contributed by atoms with E-state index in [0.717, 1.165) is 24.2 Å². The quantitative estimate of drug-likeness (QED) is 0.774. The Morgan fingerprint density at radius 1 is 1.62 bits per heavy atom. The lowest BCUT2D eigenvalue weighted by Crippen LogP contribution is -2.24. The zero-order valence-electron chi connectivity index (χ0n) is 8.91. The standard InChI is InChI=1S/C9H13N3O3S/c1-2-16(14)15-9(13)8-6-5-10-4-3-7(6)11-12-8/h10H,2-5H2,1H3,(H,11,12). The van der Waals surface area contributed by atoms with Crippen molar-refractivity contribution in [2.45, 2.75) is 19.9 Å². The number of aromatic amines is 1. The van der Waals surface area contributed by atoms with Gasteiger partial charge in [0.25, 0.3) is 0 Å². The molecule has 0 aliphatic carbocycles. The molecule has 0 saturated carbocycles. The normalized spacial score (nSPS) is 16.6. The summed E-state index contributed by atoms with van der Waals surface area (Å²) in [4.78, 5) is 11.6. The molecule has 0 aromatic carbocycles. The van der Waals surface area contributed by atoms with Crippen LogP contribution < -0.4 is 5.32 Å². The first-order valence-electron chi connectivity index (χ1n) is 5.10. The molecule has 0 spiro atoms. The van der Waals surface area contributed by atoms with E-state index in [1.165, 1.54) is 0 Å². The van der Waals surface area contributed by atoms with E-state index in [1.807, 2.05) is 0 Å². The molecule has 7 heteroatoms. The summed E-state index contributed by atoms with van der Waals surface area (Å²) in [5.41, 5.74) is 2.02. The first-order chi connectivity index (χ1) is 7.72. The van der Waals surface area contributed by atoms with Gasteiger partial charge in [0.15, 0.2) is 5.69 Å². The highest BCUT2D eigenvalue weighted by atomic mass is 32.2. The predicted octanol–water partition coefficient (Wildman–Crippen LogP) is -0.104. The average molecular weight is 243 g/mol. The minimum atomic E-state index is -1.57. The molecule has 1 unspecified atom stereocenters. The Morgan fingerprint density at radius 3 is 3.19 bits per heavy atom. The van der Waals surface area contributed by atoms with Gasteiger partial charge in [0.1, 0.15) is 0 Å². The second kappa shape index (κ2) is 4.75. The summed E-state index contributed by atoms with van der Waals surface area (Å²) < 4.78 is 15.8. The Bertz CT molecular complexity index is 430. The molecule has 0 bridgehead atoms. The first kappa shape index (κ1) is 11.3. The zero-order valence-corrected chi connectivity index (χ0v) is 9.73. The number of nitrogens with one attached hydrogen (secondary N) is 2. The molecule has 0 amide bonds. The van der Waals surface area contributed by atoms with E-state index in [1.54, 1.807) is 6.92 Å². The fourth-order valence-corrected chi connectivity index (χ4v) is 1.94. The minimum Gasteiger partial charge on any atom is -0.359 e. The van der Waals surface area contributed by atoms with E-state index in [4.69, 9.17) is 4.18 Å². The van der Waals surface area contributed by atoms with E-state index in [2.05, 4.69) is 15.5 Å². The Kier molecular flexibility index (Phi) is 3.35. The SMILES string of the molecule is CCS(=O)OC(=O)c1n[nH]c2c1CNCC2. The van der Waals surface area contributed by atoms with E-state index >= 15 is 0 Å². The molecule has 88 valence electrons. The van der Waals surface area contributed by atoms with Crippen LogP contribution in [-0.2, 0) is 28.2 Å². The topological polar surface area (TPSA) is 84.1 Å². The lowest BCUT2D eigenvalue weighted by atomic mass is 10.1. The summed E-state index contributed by atoms with van der Waals surface area (Å²) in [6.45, 7) is 3.14. The van der Waals surface area contributed by atoms with Crippen molar-refractivity contribution in [3.05, 3.63) is 17.0 Å². The molecule has 0 fully saturated rings. The Labute approximate surface area is 95.4 Å². The van der Waals surface area contributed by atoms with Gasteiger partial charge >= 0.3 is 5.97 Å². The Hall–Kier alpha value is -1.21. The van der Waals surface area contributed by atoms with Crippen LogP contribution in [0.25, 0.3) is 0 Å². The summed E-state index contributed by atoms with van der Waals surface area (Å²) in [7, 11) is 0. The van der Waals surface area contributed by atoms with E-state index < -0.39 is 17.0 Å². The van der Waals surface area contributed by atoms with E-state index in [9.17, 15) is 9.00 Å². The maximum absolute atomic E-state index is 11.6. The van der Waals surface area contributed by atoms with Gasteiger partial charge in [-0.1, -0.05) is 6.92 Å². The second-order valence-electron chi connectivity index (χ2n) is 3.42. The molecule has 1 aliphatic heterocycles. The number of hydrogen-bond donors (Lipinski definition) is 2. The van der Waals surface area contributed by atoms with E-state index in [0.29, 0.717) is 6.54 Å². The Morgan fingerprint density at radius 2 is 2.44 bits per heavy atom. The third kappa shape index (κ3) is 2.14. The fourth-order valence-electron chi connectivity index (χ4n) is 1.58. The van der Waals surface area contributed by atoms with Gasteiger partial charge in [-0.25, -0.2) is 9.00 Å². The molecule has 0 radical (unpaired) electrons. The van der Waals surface area contributed by atoms with Crippen LogP contribution >= 0.6 is 0 Å². The second-order valence-corrected chi connectivity index (χ2v) is 4.77. The molecule has 0 saturated heterocycles. The van der Waals surface area contributed by atoms with Crippen LogP contribution in [0.2, 0.25) is 0 Å². The van der Waals surface area contributed by atoms with Crippen LogP contribution in [0.1, 0.15) is 28.7 Å². The third-order valence-electron chi connectivity index (χ3n) is 2.40. The highest BCUT2D eigenvalue weighted by molar-refractivity contribution is 7.80. The first-order valence-corrected chi connectivity index (χ1v) is 6.34. The van der Waals surface area contributed by atoms with Crippen LogP contribution in [0.4, 0.5) is 0 Å². The highest BCUT2D eigenvalue weighted by Gasteiger charge is 2.23. The number of fused-ring (bicyclic) bond motifs is 1. The number of rotatable bonds is 3. The van der Waals surface area contributed by atoms with Crippen molar-refractivity contribution in [3.63, 3.8) is 0 Å². The van der Waals surface area contributed by atoms with Crippen molar-refractivity contribution in [3.8, 4) is 0 Å². The molecular formula is C9H13N3O3S. The Balaban J connectivity index is 2.17. The summed E-state index contributed by atoms with van der Waals surface area (Å²) >= 11 is -1.57. The van der Waals surface area contributed by atoms with Gasteiger partial charge in [0.05, 0.1) is 5.75 Å². The smallest absolute Gasteiger partial charge is 0.359 e. The number of carbonyl (C=O) groups excluding carboxylic acids is 1. The number of hydrogen-bond acceptors (Lipinski definition) is 5. The van der Waals surface area contributed by atoms with Gasteiger partial charge in [-0.15, -0.1) is 0 Å². The van der Waals surface area contributed by atoms with Gasteiger partial charge in [0.2, 0.25) is 11.1 Å². The number of carbonyl (C=O) groups is 1. The van der Waals surface area contributed by atoms with Crippen molar-refractivity contribution in [1.82, 2.24) is 15.5 Å². The van der Waals surface area contributed by atoms with Crippen LogP contribution in [0.3, 0.4) is 0 Å². The van der Waals surface area contributed by atoms with Gasteiger partial charge in [-0.05, 0) is 0 Å². The molecule has 2 rings (SSSR count). The molecule has 2 N–H and O–H groups in total. The summed E-state index contributed by atoms with van der Waals surface area (Å²) in [6, 6.07) is 0. The molecular weight excluding hydrogens is 230 g/mol. The lowest BCUT2D eigenvalue weighted by Gasteiger charge is -2.12. The fraction of sp³-hybridized carbons (Fsp3) is 0.556.